The van der Waals surface area contributed by atoms with Crippen LogP contribution < -0.4 is 0 Å². The first-order valence-corrected chi connectivity index (χ1v) is 8.33. The summed E-state index contributed by atoms with van der Waals surface area (Å²) in [4.78, 5) is 0. The lowest BCUT2D eigenvalue weighted by molar-refractivity contribution is 0.0713. The highest BCUT2D eigenvalue weighted by Crippen LogP contribution is 2.34. The van der Waals surface area contributed by atoms with E-state index in [0.29, 0.717) is 5.92 Å². The normalized spacial score (nSPS) is 24.8. The van der Waals surface area contributed by atoms with Gasteiger partial charge in [-0.1, -0.05) is 39.5 Å². The van der Waals surface area contributed by atoms with Gasteiger partial charge in [-0.05, 0) is 37.2 Å². The molecule has 1 aromatic rings. The maximum Gasteiger partial charge on any atom is 0.0624 e. The van der Waals surface area contributed by atoms with Crippen molar-refractivity contribution in [2.45, 2.75) is 71.3 Å². The quantitative estimate of drug-likeness (QED) is 0.865. The highest BCUT2D eigenvalue weighted by Gasteiger charge is 2.26. The molecule has 0 amide bonds. The van der Waals surface area contributed by atoms with Gasteiger partial charge in [0.1, 0.15) is 0 Å². The van der Waals surface area contributed by atoms with Gasteiger partial charge in [0.25, 0.3) is 0 Å². The smallest absolute Gasteiger partial charge is 0.0624 e. The summed E-state index contributed by atoms with van der Waals surface area (Å²) in [7, 11) is 1.99. The van der Waals surface area contributed by atoms with Crippen LogP contribution in [0.1, 0.15) is 63.8 Å². The second kappa shape index (κ2) is 7.26. The predicted molar refractivity (Wildman–Crippen MR) is 82.7 cm³/mol. The Balaban J connectivity index is 1.86. The number of rotatable bonds is 6. The molecule has 0 aromatic carbocycles. The Bertz CT molecular complexity index is 405. The molecular formula is C17H30N2O. The van der Waals surface area contributed by atoms with Crippen LogP contribution in [-0.2, 0) is 19.9 Å². The van der Waals surface area contributed by atoms with E-state index in [0.717, 1.165) is 24.5 Å². The summed E-state index contributed by atoms with van der Waals surface area (Å²) >= 11 is 0. The maximum atomic E-state index is 10.5. The highest BCUT2D eigenvalue weighted by atomic mass is 16.3. The highest BCUT2D eigenvalue weighted by molar-refractivity contribution is 5.11. The molecular weight excluding hydrogens is 248 g/mol. The topological polar surface area (TPSA) is 38.1 Å². The summed E-state index contributed by atoms with van der Waals surface area (Å²) in [6.07, 6.45) is 9.20. The Morgan fingerprint density at radius 1 is 1.30 bits per heavy atom. The van der Waals surface area contributed by atoms with Crippen LogP contribution in [0.5, 0.6) is 0 Å². The number of aliphatic hydroxyl groups excluding tert-OH is 1. The molecule has 0 saturated heterocycles. The van der Waals surface area contributed by atoms with Gasteiger partial charge in [0.2, 0.25) is 0 Å². The summed E-state index contributed by atoms with van der Waals surface area (Å²) < 4.78 is 1.94. The third-order valence-corrected chi connectivity index (χ3v) is 4.94. The van der Waals surface area contributed by atoms with Crippen molar-refractivity contribution in [3.63, 3.8) is 0 Å². The van der Waals surface area contributed by atoms with E-state index >= 15 is 0 Å². The average Bonchev–Trinajstić information content (AvgIpc) is 2.80. The number of aryl methyl sites for hydroxylation is 2. The van der Waals surface area contributed by atoms with E-state index in [9.17, 15) is 5.11 Å². The van der Waals surface area contributed by atoms with Gasteiger partial charge < -0.3 is 5.11 Å². The lowest BCUT2D eigenvalue weighted by Crippen LogP contribution is -2.28. The molecule has 114 valence electrons. The fourth-order valence-electron chi connectivity index (χ4n) is 3.59. The Morgan fingerprint density at radius 2 is 2.00 bits per heavy atom. The summed E-state index contributed by atoms with van der Waals surface area (Å²) in [5.74, 6) is 1.40. The maximum absolute atomic E-state index is 10.5. The summed E-state index contributed by atoms with van der Waals surface area (Å²) in [5.41, 5.74) is 2.30. The minimum absolute atomic E-state index is 0.197. The molecule has 1 aliphatic rings. The molecule has 1 saturated carbocycles. The van der Waals surface area contributed by atoms with Gasteiger partial charge in [-0.15, -0.1) is 0 Å². The predicted octanol–water partition coefficient (Wildman–Crippen LogP) is 3.49. The molecule has 1 aromatic heterocycles. The molecule has 0 spiro atoms. The standard InChI is InChI=1S/C17H30N2O/c1-4-6-13-7-9-14(10-8-13)17(20)12-16-11-15(5-2)18-19(16)3/h11,13-14,17,20H,4-10,12H2,1-3H3. The van der Waals surface area contributed by atoms with Crippen molar-refractivity contribution in [2.75, 3.05) is 0 Å². The van der Waals surface area contributed by atoms with Crippen molar-refractivity contribution in [3.05, 3.63) is 17.5 Å². The number of aliphatic hydroxyl groups is 1. The average molecular weight is 278 g/mol. The molecule has 2 rings (SSSR count). The van der Waals surface area contributed by atoms with Crippen LogP contribution in [-0.4, -0.2) is 21.0 Å². The minimum atomic E-state index is -0.197. The minimum Gasteiger partial charge on any atom is -0.392 e. The van der Waals surface area contributed by atoms with Gasteiger partial charge in [0, 0.05) is 19.2 Å². The van der Waals surface area contributed by atoms with Crippen LogP contribution in [0.3, 0.4) is 0 Å². The van der Waals surface area contributed by atoms with Gasteiger partial charge in [-0.25, -0.2) is 0 Å². The molecule has 0 aliphatic heterocycles. The van der Waals surface area contributed by atoms with Crippen molar-refractivity contribution in [1.82, 2.24) is 9.78 Å². The lowest BCUT2D eigenvalue weighted by Gasteiger charge is -2.31. The fourth-order valence-corrected chi connectivity index (χ4v) is 3.59. The second-order valence-corrected chi connectivity index (χ2v) is 6.45. The van der Waals surface area contributed by atoms with Crippen LogP contribution in [0.4, 0.5) is 0 Å². The van der Waals surface area contributed by atoms with Gasteiger partial charge in [-0.3, -0.25) is 4.68 Å². The van der Waals surface area contributed by atoms with Crippen molar-refractivity contribution in [2.24, 2.45) is 18.9 Å². The van der Waals surface area contributed by atoms with E-state index in [-0.39, 0.29) is 6.10 Å². The van der Waals surface area contributed by atoms with E-state index < -0.39 is 0 Å². The van der Waals surface area contributed by atoms with Crippen LogP contribution >= 0.6 is 0 Å². The molecule has 3 nitrogen and oxygen atoms in total. The molecule has 0 bridgehead atoms. The molecule has 1 atom stereocenters. The molecule has 1 fully saturated rings. The Kier molecular flexibility index (Phi) is 5.64. The zero-order chi connectivity index (χ0) is 14.5. The first-order chi connectivity index (χ1) is 9.63. The first-order valence-electron chi connectivity index (χ1n) is 8.33. The third kappa shape index (κ3) is 3.85. The summed E-state index contributed by atoms with van der Waals surface area (Å²) in [6, 6.07) is 2.14. The second-order valence-electron chi connectivity index (χ2n) is 6.45. The molecule has 1 N–H and O–H groups in total. The third-order valence-electron chi connectivity index (χ3n) is 4.94. The first kappa shape index (κ1) is 15.6. The van der Waals surface area contributed by atoms with E-state index in [2.05, 4.69) is 25.0 Å². The Hall–Kier alpha value is -0.830. The van der Waals surface area contributed by atoms with Crippen LogP contribution in [0.25, 0.3) is 0 Å². The number of hydrogen-bond donors (Lipinski definition) is 1. The largest absolute Gasteiger partial charge is 0.392 e. The van der Waals surface area contributed by atoms with Crippen molar-refractivity contribution < 1.29 is 5.11 Å². The molecule has 3 heteroatoms. The Morgan fingerprint density at radius 3 is 2.55 bits per heavy atom. The van der Waals surface area contributed by atoms with Gasteiger partial charge >= 0.3 is 0 Å². The summed E-state index contributed by atoms with van der Waals surface area (Å²) in [5, 5.41) is 15.0. The van der Waals surface area contributed by atoms with E-state index in [4.69, 9.17) is 0 Å². The summed E-state index contributed by atoms with van der Waals surface area (Å²) in [6.45, 7) is 4.40. The van der Waals surface area contributed by atoms with Crippen molar-refractivity contribution in [3.8, 4) is 0 Å². The number of nitrogens with zero attached hydrogens (tertiary/aromatic N) is 2. The number of aromatic nitrogens is 2. The van der Waals surface area contributed by atoms with E-state index in [1.807, 2.05) is 11.7 Å². The zero-order valence-corrected chi connectivity index (χ0v) is 13.3. The monoisotopic (exact) mass is 278 g/mol. The van der Waals surface area contributed by atoms with E-state index in [1.54, 1.807) is 0 Å². The Labute approximate surface area is 123 Å². The SMILES string of the molecule is CCCC1CCC(C(O)Cc2cc(CC)nn2C)CC1. The van der Waals surface area contributed by atoms with Crippen LogP contribution in [0.2, 0.25) is 0 Å². The van der Waals surface area contributed by atoms with E-state index in [1.165, 1.54) is 44.2 Å². The van der Waals surface area contributed by atoms with Crippen LogP contribution in [0.15, 0.2) is 6.07 Å². The molecule has 20 heavy (non-hydrogen) atoms. The van der Waals surface area contributed by atoms with Gasteiger partial charge in [0.05, 0.1) is 11.8 Å². The van der Waals surface area contributed by atoms with Crippen molar-refractivity contribution in [1.29, 1.82) is 0 Å². The van der Waals surface area contributed by atoms with Crippen molar-refractivity contribution >= 4 is 0 Å². The lowest BCUT2D eigenvalue weighted by atomic mass is 9.77. The molecule has 1 heterocycles. The molecule has 0 radical (unpaired) electrons. The van der Waals surface area contributed by atoms with Gasteiger partial charge in [-0.2, -0.15) is 5.10 Å². The van der Waals surface area contributed by atoms with Crippen LogP contribution in [0, 0.1) is 11.8 Å². The van der Waals surface area contributed by atoms with Gasteiger partial charge in [0.15, 0.2) is 0 Å². The zero-order valence-electron chi connectivity index (χ0n) is 13.3. The number of hydrogen-bond acceptors (Lipinski definition) is 2. The molecule has 1 unspecified atom stereocenters. The fraction of sp³-hybridized carbons (Fsp3) is 0.824. The molecule has 1 aliphatic carbocycles.